The molecule has 190 valence electrons. The Morgan fingerprint density at radius 2 is 0.971 bits per heavy atom. The second kappa shape index (κ2) is 18.6. The topological polar surface area (TPSA) is 81.3 Å². The van der Waals surface area contributed by atoms with Crippen LogP contribution in [0.5, 0.6) is 0 Å². The van der Waals surface area contributed by atoms with E-state index in [1.54, 1.807) is 12.1 Å². The summed E-state index contributed by atoms with van der Waals surface area (Å²) in [4.78, 5) is -1.61. The van der Waals surface area contributed by atoms with Crippen molar-refractivity contribution in [2.45, 2.75) is 134 Å². The van der Waals surface area contributed by atoms with Crippen LogP contribution < -0.4 is 62.0 Å². The van der Waals surface area contributed by atoms with Gasteiger partial charge in [-0.05, 0) is 18.6 Å². The Bertz CT molecular complexity index is 733. The van der Waals surface area contributed by atoms with E-state index in [1.807, 2.05) is 12.1 Å². The van der Waals surface area contributed by atoms with Gasteiger partial charge in [0.05, 0.1) is 11.4 Å². The molecule has 0 spiro atoms. The molecule has 1 heterocycles. The van der Waals surface area contributed by atoms with E-state index in [4.69, 9.17) is 0 Å². The van der Waals surface area contributed by atoms with E-state index < -0.39 is 15.1 Å². The Balaban J connectivity index is 0.00000578. The average molecular weight is 519 g/mol. The number of benzene rings is 1. The van der Waals surface area contributed by atoms with Gasteiger partial charge in [0, 0.05) is 6.42 Å². The zero-order valence-electron chi connectivity index (χ0n) is 21.9. The van der Waals surface area contributed by atoms with E-state index in [-0.39, 0.29) is 57.8 Å². The summed E-state index contributed by atoms with van der Waals surface area (Å²) in [6.45, 7) is 2.27. The van der Waals surface area contributed by atoms with E-state index in [2.05, 4.69) is 17.6 Å². The molecule has 0 aliphatic carbocycles. The molecule has 2 N–H and O–H groups in total. The first-order valence-electron chi connectivity index (χ1n) is 13.6. The fraction of sp³-hybridized carbons (Fsp3) is 0.778. The third-order valence-electron chi connectivity index (χ3n) is 6.91. The van der Waals surface area contributed by atoms with Gasteiger partial charge < -0.3 is 15.2 Å². The minimum atomic E-state index is -4.53. The van der Waals surface area contributed by atoms with Crippen LogP contribution in [0.4, 0.5) is 11.4 Å². The van der Waals surface area contributed by atoms with Gasteiger partial charge in [-0.25, -0.2) is 8.42 Å². The maximum absolute atomic E-state index is 12.0. The first-order chi connectivity index (χ1) is 16.0. The normalized spacial score (nSPS) is 14.2. The van der Waals surface area contributed by atoms with Crippen molar-refractivity contribution in [2.75, 3.05) is 10.6 Å². The molecule has 1 aliphatic heterocycles. The summed E-state index contributed by atoms with van der Waals surface area (Å²) in [6.07, 6.45) is 23.5. The van der Waals surface area contributed by atoms with E-state index in [0.717, 1.165) is 12.8 Å². The molecule has 0 atom stereocenters. The standard InChI is InChI=1S/C27H48N2O3S.K/c1-2-3-4-5-6-7-8-9-10-11-12-13-14-15-16-17-18-21-24-27(33(30,31)32)28-25-22-19-20-23-26(25)29-27;/h19-20,22-23,28-29H,2-18,21,24H2,1H3,(H,30,31,32);/q;+1/p-1. The van der Waals surface area contributed by atoms with Gasteiger partial charge in [0.25, 0.3) is 0 Å². The molecular formula is C27H47KN2O3S. The summed E-state index contributed by atoms with van der Waals surface area (Å²) in [5.74, 6) is 0. The molecule has 7 heteroatoms. The van der Waals surface area contributed by atoms with Crippen LogP contribution in [0.2, 0.25) is 0 Å². The largest absolute Gasteiger partial charge is 1.00 e. The molecule has 1 aromatic carbocycles. The van der Waals surface area contributed by atoms with Crippen LogP contribution in [0.1, 0.15) is 129 Å². The van der Waals surface area contributed by atoms with Gasteiger partial charge in [0.2, 0.25) is 4.99 Å². The Kier molecular flexibility index (Phi) is 17.7. The minimum absolute atomic E-state index is 0. The van der Waals surface area contributed by atoms with Crippen LogP contribution in [0.3, 0.4) is 0 Å². The number of nitrogens with one attached hydrogen (secondary N) is 2. The number of hydrogen-bond donors (Lipinski definition) is 2. The third-order valence-corrected chi connectivity index (χ3v) is 8.17. The molecule has 0 saturated carbocycles. The van der Waals surface area contributed by atoms with Crippen molar-refractivity contribution in [1.82, 2.24) is 0 Å². The predicted molar refractivity (Wildman–Crippen MR) is 140 cm³/mol. The fourth-order valence-corrected chi connectivity index (χ4v) is 5.68. The van der Waals surface area contributed by atoms with Crippen LogP contribution in [0.15, 0.2) is 24.3 Å². The van der Waals surface area contributed by atoms with Gasteiger partial charge in [0.15, 0.2) is 0 Å². The molecule has 0 unspecified atom stereocenters. The van der Waals surface area contributed by atoms with E-state index in [1.165, 1.54) is 96.3 Å². The molecule has 0 bridgehead atoms. The van der Waals surface area contributed by atoms with Gasteiger partial charge in [-0.15, -0.1) is 0 Å². The summed E-state index contributed by atoms with van der Waals surface area (Å²) in [7, 11) is -4.53. The van der Waals surface area contributed by atoms with Crippen LogP contribution in [0.25, 0.3) is 0 Å². The number of hydrogen-bond acceptors (Lipinski definition) is 5. The average Bonchev–Trinajstić information content (AvgIpc) is 3.18. The zero-order valence-corrected chi connectivity index (χ0v) is 25.8. The summed E-state index contributed by atoms with van der Waals surface area (Å²) in [5.41, 5.74) is 1.36. The van der Waals surface area contributed by atoms with Gasteiger partial charge >= 0.3 is 51.4 Å². The van der Waals surface area contributed by atoms with Crippen LogP contribution in [-0.4, -0.2) is 18.0 Å². The first kappa shape index (κ1) is 32.4. The van der Waals surface area contributed by atoms with Crippen LogP contribution in [-0.2, 0) is 10.1 Å². The molecule has 1 aliphatic rings. The van der Waals surface area contributed by atoms with Crippen molar-refractivity contribution in [2.24, 2.45) is 0 Å². The van der Waals surface area contributed by atoms with Crippen molar-refractivity contribution >= 4 is 21.5 Å². The quantitative estimate of drug-likeness (QED) is 0.142. The second-order valence-electron chi connectivity index (χ2n) is 9.84. The molecule has 0 fully saturated rings. The molecule has 0 amide bonds. The summed E-state index contributed by atoms with van der Waals surface area (Å²) in [5, 5.41) is 5.87. The number of para-hydroxylation sites is 2. The van der Waals surface area contributed by atoms with Crippen LogP contribution in [0, 0.1) is 0 Å². The summed E-state index contributed by atoms with van der Waals surface area (Å²) in [6, 6.07) is 7.25. The second-order valence-corrected chi connectivity index (χ2v) is 11.4. The smallest absolute Gasteiger partial charge is 0.745 e. The molecule has 0 radical (unpaired) electrons. The van der Waals surface area contributed by atoms with Crippen molar-refractivity contribution in [3.05, 3.63) is 24.3 Å². The molecule has 5 nitrogen and oxygen atoms in total. The number of unbranched alkanes of at least 4 members (excludes halogenated alkanes) is 17. The number of rotatable bonds is 20. The maximum atomic E-state index is 12.0. The zero-order chi connectivity index (χ0) is 23.8. The van der Waals surface area contributed by atoms with Gasteiger partial charge in [0.1, 0.15) is 10.1 Å². The Labute approximate surface area is 252 Å². The minimum Gasteiger partial charge on any atom is -0.745 e. The van der Waals surface area contributed by atoms with E-state index >= 15 is 0 Å². The molecule has 0 aromatic heterocycles. The van der Waals surface area contributed by atoms with Crippen molar-refractivity contribution < 1.29 is 64.4 Å². The monoisotopic (exact) mass is 518 g/mol. The van der Waals surface area contributed by atoms with Gasteiger partial charge in [-0.2, -0.15) is 0 Å². The summed E-state index contributed by atoms with van der Waals surface area (Å²) < 4.78 is 35.9. The molecular weight excluding hydrogens is 471 g/mol. The van der Waals surface area contributed by atoms with Crippen molar-refractivity contribution in [3.63, 3.8) is 0 Å². The van der Waals surface area contributed by atoms with Crippen molar-refractivity contribution in [1.29, 1.82) is 0 Å². The number of fused-ring (bicyclic) bond motifs is 1. The van der Waals surface area contributed by atoms with Gasteiger partial charge in [-0.3, -0.25) is 0 Å². The third kappa shape index (κ3) is 12.1. The predicted octanol–water partition coefficient (Wildman–Crippen LogP) is 5.16. The molecule has 2 rings (SSSR count). The van der Waals surface area contributed by atoms with Gasteiger partial charge in [-0.1, -0.05) is 128 Å². The van der Waals surface area contributed by atoms with E-state index in [9.17, 15) is 13.0 Å². The van der Waals surface area contributed by atoms with Crippen molar-refractivity contribution in [3.8, 4) is 0 Å². The van der Waals surface area contributed by atoms with E-state index in [0.29, 0.717) is 17.8 Å². The molecule has 34 heavy (non-hydrogen) atoms. The summed E-state index contributed by atoms with van der Waals surface area (Å²) >= 11 is 0. The fourth-order valence-electron chi connectivity index (χ4n) is 4.82. The Hall–Kier alpha value is 0.366. The van der Waals surface area contributed by atoms with Crippen LogP contribution >= 0.6 is 0 Å². The molecule has 0 saturated heterocycles. The SMILES string of the molecule is CCCCCCCCCCCCCCCCCCCCC1(S(=O)(=O)[O-])Nc2ccccc2N1.[K+]. The Morgan fingerprint density at radius 1 is 0.647 bits per heavy atom. The molecule has 1 aromatic rings. The maximum Gasteiger partial charge on any atom is 1.00 e. The Morgan fingerprint density at radius 3 is 1.29 bits per heavy atom. The number of anilines is 2. The first-order valence-corrected chi connectivity index (χ1v) is 15.0.